The Morgan fingerprint density at radius 3 is 2.62 bits per heavy atom. The molecule has 0 unspecified atom stereocenters. The number of nitrogens with zero attached hydrogens (tertiary/aromatic N) is 2. The SMILES string of the molecule is C[C@H](c1cc2ccccc2o1)N(CCCN1CCOCC1)C(=S)Nc1cccc(C(F)(F)F)c1. The lowest BCUT2D eigenvalue weighted by molar-refractivity contribution is -0.137. The summed E-state index contributed by atoms with van der Waals surface area (Å²) in [5, 5.41) is 4.36. The van der Waals surface area contributed by atoms with E-state index >= 15 is 0 Å². The molecule has 4 rings (SSSR count). The van der Waals surface area contributed by atoms with Crippen molar-refractivity contribution in [3.05, 3.63) is 65.9 Å². The Bertz CT molecular complexity index is 1080. The molecule has 0 aliphatic carbocycles. The number of morpholine rings is 1. The first kappa shape index (κ1) is 24.5. The number of ether oxygens (including phenoxy) is 1. The van der Waals surface area contributed by atoms with Crippen molar-refractivity contribution in [1.29, 1.82) is 0 Å². The van der Waals surface area contributed by atoms with Crippen LogP contribution in [-0.4, -0.2) is 54.3 Å². The van der Waals surface area contributed by atoms with Gasteiger partial charge in [0.05, 0.1) is 24.8 Å². The number of hydrogen-bond acceptors (Lipinski definition) is 4. The van der Waals surface area contributed by atoms with Gasteiger partial charge >= 0.3 is 6.18 Å². The van der Waals surface area contributed by atoms with Gasteiger partial charge in [-0.2, -0.15) is 13.2 Å². The minimum absolute atomic E-state index is 0.206. The number of fused-ring (bicyclic) bond motifs is 1. The zero-order valence-electron chi connectivity index (χ0n) is 19.0. The molecule has 1 aromatic heterocycles. The number of thiocarbonyl (C=S) groups is 1. The van der Waals surface area contributed by atoms with Gasteiger partial charge in [-0.25, -0.2) is 0 Å². The summed E-state index contributed by atoms with van der Waals surface area (Å²) in [7, 11) is 0. The predicted octanol–water partition coefficient (Wildman–Crippen LogP) is 5.93. The van der Waals surface area contributed by atoms with Crippen molar-refractivity contribution in [2.75, 3.05) is 44.7 Å². The second-order valence-electron chi connectivity index (χ2n) is 8.37. The van der Waals surface area contributed by atoms with Crippen LogP contribution in [-0.2, 0) is 10.9 Å². The summed E-state index contributed by atoms with van der Waals surface area (Å²) in [6, 6.07) is 14.6. The lowest BCUT2D eigenvalue weighted by Crippen LogP contribution is -2.41. The first-order valence-corrected chi connectivity index (χ1v) is 11.8. The summed E-state index contributed by atoms with van der Waals surface area (Å²) in [5.74, 6) is 0.751. The molecule has 0 bridgehead atoms. The lowest BCUT2D eigenvalue weighted by atomic mass is 10.1. The van der Waals surface area contributed by atoms with Gasteiger partial charge in [0.2, 0.25) is 0 Å². The van der Waals surface area contributed by atoms with Crippen molar-refractivity contribution in [2.45, 2.75) is 25.6 Å². The van der Waals surface area contributed by atoms with Crippen molar-refractivity contribution < 1.29 is 22.3 Å². The normalized spacial score (nSPS) is 15.9. The van der Waals surface area contributed by atoms with E-state index < -0.39 is 11.7 Å². The monoisotopic (exact) mass is 491 g/mol. The van der Waals surface area contributed by atoms with Crippen molar-refractivity contribution in [1.82, 2.24) is 9.80 Å². The Labute approximate surface area is 202 Å². The molecule has 0 amide bonds. The average molecular weight is 492 g/mol. The highest BCUT2D eigenvalue weighted by Gasteiger charge is 2.30. The van der Waals surface area contributed by atoms with Gasteiger partial charge in [0.15, 0.2) is 5.11 Å². The van der Waals surface area contributed by atoms with Gasteiger partial charge < -0.3 is 19.4 Å². The van der Waals surface area contributed by atoms with Gasteiger partial charge in [-0.05, 0) is 55.9 Å². The third-order valence-electron chi connectivity index (χ3n) is 6.00. The van der Waals surface area contributed by atoms with Crippen molar-refractivity contribution in [2.24, 2.45) is 0 Å². The molecule has 34 heavy (non-hydrogen) atoms. The highest BCUT2D eigenvalue weighted by Crippen LogP contribution is 2.32. The maximum Gasteiger partial charge on any atom is 0.416 e. The fourth-order valence-electron chi connectivity index (χ4n) is 4.09. The van der Waals surface area contributed by atoms with Crippen LogP contribution in [0.3, 0.4) is 0 Å². The van der Waals surface area contributed by atoms with Gasteiger partial charge in [-0.3, -0.25) is 4.90 Å². The van der Waals surface area contributed by atoms with Crippen LogP contribution in [0.15, 0.2) is 59.0 Å². The Morgan fingerprint density at radius 2 is 1.88 bits per heavy atom. The largest absolute Gasteiger partial charge is 0.459 e. The first-order valence-electron chi connectivity index (χ1n) is 11.3. The summed E-state index contributed by atoms with van der Waals surface area (Å²) < 4.78 is 51.0. The van der Waals surface area contributed by atoms with E-state index in [1.807, 2.05) is 42.2 Å². The second kappa shape index (κ2) is 10.8. The molecule has 1 saturated heterocycles. The first-order chi connectivity index (χ1) is 16.3. The quantitative estimate of drug-likeness (QED) is 0.413. The number of anilines is 1. The van der Waals surface area contributed by atoms with E-state index in [4.69, 9.17) is 21.4 Å². The van der Waals surface area contributed by atoms with E-state index in [-0.39, 0.29) is 6.04 Å². The fraction of sp³-hybridized carbons (Fsp3) is 0.400. The van der Waals surface area contributed by atoms with Gasteiger partial charge in [-0.1, -0.05) is 24.3 Å². The van der Waals surface area contributed by atoms with Crippen LogP contribution in [0.5, 0.6) is 0 Å². The molecule has 5 nitrogen and oxygen atoms in total. The van der Waals surface area contributed by atoms with Crippen LogP contribution in [0.25, 0.3) is 11.0 Å². The summed E-state index contributed by atoms with van der Waals surface area (Å²) >= 11 is 5.68. The number of rotatable bonds is 7. The molecule has 9 heteroatoms. The molecule has 0 radical (unpaired) electrons. The van der Waals surface area contributed by atoms with Crippen LogP contribution >= 0.6 is 12.2 Å². The molecule has 3 aromatic rings. The van der Waals surface area contributed by atoms with E-state index in [2.05, 4.69) is 10.2 Å². The third-order valence-corrected chi connectivity index (χ3v) is 6.34. The molecule has 2 heterocycles. The van der Waals surface area contributed by atoms with Gasteiger partial charge in [0, 0.05) is 37.3 Å². The lowest BCUT2D eigenvalue weighted by Gasteiger charge is -2.32. The van der Waals surface area contributed by atoms with E-state index in [0.717, 1.165) is 68.1 Å². The van der Waals surface area contributed by atoms with Crippen molar-refractivity contribution >= 4 is 34.0 Å². The number of alkyl halides is 3. The molecular formula is C25H28F3N3O2S. The van der Waals surface area contributed by atoms with Crippen LogP contribution in [0.1, 0.15) is 30.7 Å². The number of hydrogen-bond donors (Lipinski definition) is 1. The number of benzene rings is 2. The Morgan fingerprint density at radius 1 is 1.12 bits per heavy atom. The predicted molar refractivity (Wildman–Crippen MR) is 131 cm³/mol. The smallest absolute Gasteiger partial charge is 0.416 e. The molecule has 1 atom stereocenters. The topological polar surface area (TPSA) is 40.9 Å². The minimum Gasteiger partial charge on any atom is -0.459 e. The minimum atomic E-state index is -4.42. The zero-order valence-corrected chi connectivity index (χ0v) is 19.8. The molecular weight excluding hydrogens is 463 g/mol. The standard InChI is InChI=1S/C25H28F3N3O2S/c1-18(23-16-19-6-2-3-9-22(19)33-23)31(11-5-10-30-12-14-32-15-13-30)24(34)29-21-8-4-7-20(17-21)25(26,27)28/h2-4,6-9,16-18H,5,10-15H2,1H3,(H,29,34)/t18-/m1/s1. The number of furan rings is 1. The summed E-state index contributed by atoms with van der Waals surface area (Å²) in [4.78, 5) is 4.32. The molecule has 182 valence electrons. The highest BCUT2D eigenvalue weighted by molar-refractivity contribution is 7.80. The van der Waals surface area contributed by atoms with Crippen molar-refractivity contribution in [3.8, 4) is 0 Å². The Kier molecular flexibility index (Phi) is 7.75. The van der Waals surface area contributed by atoms with Crippen LogP contribution < -0.4 is 5.32 Å². The molecule has 1 N–H and O–H groups in total. The van der Waals surface area contributed by atoms with Crippen LogP contribution in [0, 0.1) is 0 Å². The summed E-state index contributed by atoms with van der Waals surface area (Å²) in [6.07, 6.45) is -3.58. The highest BCUT2D eigenvalue weighted by atomic mass is 32.1. The summed E-state index contributed by atoms with van der Waals surface area (Å²) in [5.41, 5.74) is 0.369. The number of para-hydroxylation sites is 1. The van der Waals surface area contributed by atoms with Gasteiger partial charge in [0.25, 0.3) is 0 Å². The molecule has 2 aromatic carbocycles. The molecule has 1 aliphatic rings. The average Bonchev–Trinajstić information content (AvgIpc) is 3.26. The molecule has 1 fully saturated rings. The van der Waals surface area contributed by atoms with E-state index in [1.54, 1.807) is 6.07 Å². The molecule has 0 saturated carbocycles. The number of halogens is 3. The van der Waals surface area contributed by atoms with E-state index in [9.17, 15) is 13.2 Å². The fourth-order valence-corrected chi connectivity index (χ4v) is 4.46. The van der Waals surface area contributed by atoms with E-state index in [1.165, 1.54) is 6.07 Å². The maximum atomic E-state index is 13.2. The van der Waals surface area contributed by atoms with Gasteiger partial charge in [-0.15, -0.1) is 0 Å². The van der Waals surface area contributed by atoms with Gasteiger partial charge in [0.1, 0.15) is 11.3 Å². The molecule has 0 spiro atoms. The van der Waals surface area contributed by atoms with Crippen LogP contribution in [0.4, 0.5) is 18.9 Å². The second-order valence-corrected chi connectivity index (χ2v) is 8.76. The molecule has 1 aliphatic heterocycles. The van der Waals surface area contributed by atoms with Crippen LogP contribution in [0.2, 0.25) is 0 Å². The number of nitrogens with one attached hydrogen (secondary N) is 1. The van der Waals surface area contributed by atoms with Crippen molar-refractivity contribution in [3.63, 3.8) is 0 Å². The Hall–Kier alpha value is -2.62. The third kappa shape index (κ3) is 6.08. The maximum absolute atomic E-state index is 13.2. The summed E-state index contributed by atoms with van der Waals surface area (Å²) in [6.45, 7) is 6.76. The Balaban J connectivity index is 1.51. The zero-order chi connectivity index (χ0) is 24.1. The van der Waals surface area contributed by atoms with E-state index in [0.29, 0.717) is 17.3 Å².